The van der Waals surface area contributed by atoms with Gasteiger partial charge in [0.15, 0.2) is 5.78 Å². The maximum atomic E-state index is 12.2. The number of carbonyl (C=O) groups is 1. The largest absolute Gasteiger partial charge is 0.495 e. The molecule has 3 atom stereocenters. The number of para-hydroxylation sites is 1. The van der Waals surface area contributed by atoms with Gasteiger partial charge in [-0.25, -0.2) is 0 Å². The minimum Gasteiger partial charge on any atom is -0.495 e. The summed E-state index contributed by atoms with van der Waals surface area (Å²) >= 11 is 0. The Kier molecular flexibility index (Phi) is 6.82. The van der Waals surface area contributed by atoms with E-state index in [1.807, 2.05) is 24.4 Å². The van der Waals surface area contributed by atoms with Gasteiger partial charge in [-0.3, -0.25) is 9.69 Å². The first kappa shape index (κ1) is 21.4. The first-order valence-electron chi connectivity index (χ1n) is 12.0. The molecule has 0 radical (unpaired) electrons. The average Bonchev–Trinajstić information content (AvgIpc) is 3.22. The van der Waals surface area contributed by atoms with Gasteiger partial charge in [0.2, 0.25) is 0 Å². The maximum absolute atomic E-state index is 12.2. The number of ketones is 1. The molecule has 4 nitrogen and oxygen atoms in total. The smallest absolute Gasteiger partial charge is 0.161 e. The van der Waals surface area contributed by atoms with Gasteiger partial charge in [-0.05, 0) is 51.0 Å². The summed E-state index contributed by atoms with van der Waals surface area (Å²) in [5, 5.41) is 1.01. The van der Waals surface area contributed by atoms with E-state index < -0.39 is 0 Å². The lowest BCUT2D eigenvalue weighted by Gasteiger charge is -2.39. The minimum absolute atomic E-state index is 0.121. The standard InChI is InChI=1S/C26H38N2O2/c1-4-5-6-9-20-16-21-12-13-22(17-20)28(21)15-8-14-27-18-24(19(2)29)23-10-7-11-25(30-3)26(23)27/h7,10-11,18,20-22H,4-6,8-9,12-17H2,1-3H3/t20?,21-,22+. The number of benzene rings is 1. The van der Waals surface area contributed by atoms with Crippen LogP contribution in [0.5, 0.6) is 5.75 Å². The highest BCUT2D eigenvalue weighted by Crippen LogP contribution is 2.40. The number of aromatic nitrogens is 1. The number of nitrogens with zero attached hydrogens (tertiary/aromatic N) is 2. The van der Waals surface area contributed by atoms with E-state index in [1.165, 1.54) is 57.9 Å². The number of aryl methyl sites for hydroxylation is 1. The van der Waals surface area contributed by atoms with Crippen LogP contribution in [-0.4, -0.2) is 41.0 Å². The molecule has 3 heterocycles. The predicted octanol–water partition coefficient (Wildman–Crippen LogP) is 6.07. The van der Waals surface area contributed by atoms with E-state index in [-0.39, 0.29) is 5.78 Å². The number of ether oxygens (including phenoxy) is 1. The zero-order valence-electron chi connectivity index (χ0n) is 19.0. The molecule has 2 bridgehead atoms. The summed E-state index contributed by atoms with van der Waals surface area (Å²) in [5.74, 6) is 1.93. The van der Waals surface area contributed by atoms with Crippen LogP contribution in [0.2, 0.25) is 0 Å². The molecule has 1 aromatic heterocycles. The van der Waals surface area contributed by atoms with E-state index in [0.717, 1.165) is 53.2 Å². The van der Waals surface area contributed by atoms with Crippen molar-refractivity contribution in [2.75, 3.05) is 13.7 Å². The molecule has 1 aromatic carbocycles. The van der Waals surface area contributed by atoms with Crippen molar-refractivity contribution in [3.05, 3.63) is 30.0 Å². The lowest BCUT2D eigenvalue weighted by molar-refractivity contribution is 0.0966. The number of rotatable bonds is 10. The van der Waals surface area contributed by atoms with Crippen molar-refractivity contribution < 1.29 is 9.53 Å². The molecule has 2 saturated heterocycles. The van der Waals surface area contributed by atoms with Crippen LogP contribution in [0, 0.1) is 5.92 Å². The van der Waals surface area contributed by atoms with Crippen LogP contribution in [0.3, 0.4) is 0 Å². The van der Waals surface area contributed by atoms with Gasteiger partial charge in [0.25, 0.3) is 0 Å². The molecule has 2 aliphatic heterocycles. The number of fused-ring (bicyclic) bond motifs is 3. The number of Topliss-reactive ketones (excluding diaryl/α,β-unsaturated/α-hetero) is 1. The van der Waals surface area contributed by atoms with Gasteiger partial charge in [-0.2, -0.15) is 0 Å². The summed E-state index contributed by atoms with van der Waals surface area (Å²) < 4.78 is 7.85. The third-order valence-electron chi connectivity index (χ3n) is 7.47. The first-order valence-corrected chi connectivity index (χ1v) is 12.0. The summed E-state index contributed by atoms with van der Waals surface area (Å²) in [5.41, 5.74) is 1.86. The van der Waals surface area contributed by atoms with E-state index in [4.69, 9.17) is 4.74 Å². The molecule has 2 fully saturated rings. The molecule has 0 N–H and O–H groups in total. The molecule has 0 aliphatic carbocycles. The number of carbonyl (C=O) groups excluding carboxylic acids is 1. The summed E-state index contributed by atoms with van der Waals surface area (Å²) in [6.45, 7) is 6.05. The molecule has 2 aromatic rings. The highest BCUT2D eigenvalue weighted by Gasteiger charge is 2.39. The second-order valence-electron chi connectivity index (χ2n) is 9.46. The molecule has 164 valence electrons. The Balaban J connectivity index is 1.39. The second-order valence-corrected chi connectivity index (χ2v) is 9.46. The van der Waals surface area contributed by atoms with Crippen LogP contribution in [0.1, 0.15) is 82.0 Å². The molecular weight excluding hydrogens is 372 g/mol. The van der Waals surface area contributed by atoms with E-state index >= 15 is 0 Å². The molecule has 4 rings (SSSR count). The number of hydrogen-bond acceptors (Lipinski definition) is 3. The van der Waals surface area contributed by atoms with E-state index in [0.29, 0.717) is 0 Å². The fraction of sp³-hybridized carbons (Fsp3) is 0.654. The Bertz CT molecular complexity index is 857. The van der Waals surface area contributed by atoms with Crippen molar-refractivity contribution >= 4 is 16.7 Å². The molecule has 0 spiro atoms. The van der Waals surface area contributed by atoms with Gasteiger partial charge >= 0.3 is 0 Å². The van der Waals surface area contributed by atoms with Gasteiger partial charge in [0, 0.05) is 42.3 Å². The number of unbranched alkanes of at least 4 members (excludes halogenated alkanes) is 2. The topological polar surface area (TPSA) is 34.5 Å². The lowest BCUT2D eigenvalue weighted by atomic mass is 9.86. The summed E-state index contributed by atoms with van der Waals surface area (Å²) in [4.78, 5) is 15.0. The summed E-state index contributed by atoms with van der Waals surface area (Å²) in [6, 6.07) is 7.61. The fourth-order valence-corrected chi connectivity index (χ4v) is 6.04. The second kappa shape index (κ2) is 9.55. The van der Waals surface area contributed by atoms with Crippen molar-refractivity contribution in [3.63, 3.8) is 0 Å². The van der Waals surface area contributed by atoms with Crippen LogP contribution >= 0.6 is 0 Å². The van der Waals surface area contributed by atoms with Gasteiger partial charge < -0.3 is 9.30 Å². The van der Waals surface area contributed by atoms with Crippen LogP contribution < -0.4 is 4.74 Å². The van der Waals surface area contributed by atoms with E-state index in [2.05, 4.69) is 16.4 Å². The third-order valence-corrected chi connectivity index (χ3v) is 7.47. The molecular formula is C26H38N2O2. The van der Waals surface area contributed by atoms with E-state index in [9.17, 15) is 4.79 Å². The lowest BCUT2D eigenvalue weighted by Crippen LogP contribution is -2.43. The van der Waals surface area contributed by atoms with Crippen LogP contribution in [0.25, 0.3) is 10.9 Å². The molecule has 0 amide bonds. The van der Waals surface area contributed by atoms with Crippen LogP contribution in [0.15, 0.2) is 24.4 Å². The Morgan fingerprint density at radius 3 is 2.53 bits per heavy atom. The monoisotopic (exact) mass is 410 g/mol. The summed E-state index contributed by atoms with van der Waals surface area (Å²) in [7, 11) is 1.71. The molecule has 0 saturated carbocycles. The van der Waals surface area contributed by atoms with Crippen LogP contribution in [0.4, 0.5) is 0 Å². The molecule has 4 heteroatoms. The van der Waals surface area contributed by atoms with Crippen molar-refractivity contribution in [2.24, 2.45) is 5.92 Å². The number of methoxy groups -OCH3 is 1. The van der Waals surface area contributed by atoms with Crippen molar-refractivity contribution in [1.29, 1.82) is 0 Å². The maximum Gasteiger partial charge on any atom is 0.161 e. The minimum atomic E-state index is 0.121. The Labute approximate surface area is 181 Å². The van der Waals surface area contributed by atoms with Gasteiger partial charge in [0.1, 0.15) is 5.75 Å². The highest BCUT2D eigenvalue weighted by atomic mass is 16.5. The van der Waals surface area contributed by atoms with Crippen molar-refractivity contribution in [1.82, 2.24) is 9.47 Å². The Morgan fingerprint density at radius 1 is 1.10 bits per heavy atom. The first-order chi connectivity index (χ1) is 14.6. The molecule has 2 aliphatic rings. The normalized spacial score (nSPS) is 23.9. The number of hydrogen-bond donors (Lipinski definition) is 0. The Hall–Kier alpha value is -1.81. The molecule has 1 unspecified atom stereocenters. The predicted molar refractivity (Wildman–Crippen MR) is 123 cm³/mol. The van der Waals surface area contributed by atoms with E-state index in [1.54, 1.807) is 14.0 Å². The van der Waals surface area contributed by atoms with Gasteiger partial charge in [-0.1, -0.05) is 44.7 Å². The third kappa shape index (κ3) is 4.30. The number of piperidine rings is 1. The average molecular weight is 411 g/mol. The van der Waals surface area contributed by atoms with Gasteiger partial charge in [-0.15, -0.1) is 0 Å². The van der Waals surface area contributed by atoms with Crippen molar-refractivity contribution in [2.45, 2.75) is 90.3 Å². The quantitative estimate of drug-likeness (QED) is 0.352. The van der Waals surface area contributed by atoms with Gasteiger partial charge in [0.05, 0.1) is 12.6 Å². The SMILES string of the molecule is CCCCCC1C[C@H]2CC[C@@H](C1)N2CCCn1cc(C(C)=O)c2cccc(OC)c21. The molecule has 30 heavy (non-hydrogen) atoms. The highest BCUT2D eigenvalue weighted by molar-refractivity contribution is 6.08. The van der Waals surface area contributed by atoms with Crippen LogP contribution in [-0.2, 0) is 6.54 Å². The fourth-order valence-electron chi connectivity index (χ4n) is 6.04. The zero-order valence-corrected chi connectivity index (χ0v) is 19.0. The van der Waals surface area contributed by atoms with Crippen molar-refractivity contribution in [3.8, 4) is 5.75 Å². The Morgan fingerprint density at radius 2 is 1.87 bits per heavy atom. The zero-order chi connectivity index (χ0) is 21.1. The summed E-state index contributed by atoms with van der Waals surface area (Å²) in [6.07, 6.45) is 14.3.